The molecule has 0 bridgehead atoms. The highest BCUT2D eigenvalue weighted by Crippen LogP contribution is 2.27. The second kappa shape index (κ2) is 8.84. The molecule has 0 aliphatic heterocycles. The molecule has 7 nitrogen and oxygen atoms in total. The lowest BCUT2D eigenvalue weighted by Gasteiger charge is -2.12. The number of hydrogen-bond acceptors (Lipinski definition) is 5. The van der Waals surface area contributed by atoms with Gasteiger partial charge >= 0.3 is 0 Å². The Balaban J connectivity index is 1.86. The van der Waals surface area contributed by atoms with Gasteiger partial charge in [-0.3, -0.25) is 10.1 Å². The Hall–Kier alpha value is -2.87. The summed E-state index contributed by atoms with van der Waals surface area (Å²) in [5, 5.41) is 17.2. The van der Waals surface area contributed by atoms with Crippen molar-refractivity contribution in [3.05, 3.63) is 58.1 Å². The van der Waals surface area contributed by atoms with Crippen molar-refractivity contribution in [1.82, 2.24) is 5.32 Å². The van der Waals surface area contributed by atoms with Crippen molar-refractivity contribution in [3.63, 3.8) is 0 Å². The summed E-state index contributed by atoms with van der Waals surface area (Å²) >= 11 is 5.21. The highest BCUT2D eigenvalue weighted by atomic mass is 32.1. The van der Waals surface area contributed by atoms with Crippen molar-refractivity contribution in [2.45, 2.75) is 6.42 Å². The van der Waals surface area contributed by atoms with Crippen LogP contribution in [-0.2, 0) is 6.42 Å². The topological polar surface area (TPSA) is 85.7 Å². The first-order valence-electron chi connectivity index (χ1n) is 7.53. The third-order valence-corrected chi connectivity index (χ3v) is 3.71. The van der Waals surface area contributed by atoms with Gasteiger partial charge in [0.2, 0.25) is 0 Å². The number of non-ortho nitro benzene ring substituents is 1. The zero-order valence-corrected chi connectivity index (χ0v) is 14.8. The zero-order chi connectivity index (χ0) is 18.2. The summed E-state index contributed by atoms with van der Waals surface area (Å²) in [6.07, 6.45) is 0.733. The summed E-state index contributed by atoms with van der Waals surface area (Å²) in [6, 6.07) is 11.9. The number of nitro benzene ring substituents is 1. The highest BCUT2D eigenvalue weighted by molar-refractivity contribution is 7.80. The molecule has 2 aromatic carbocycles. The maximum Gasteiger partial charge on any atom is 0.271 e. The quantitative estimate of drug-likeness (QED) is 0.445. The molecule has 0 fully saturated rings. The Bertz CT molecular complexity index is 767. The number of nitro groups is 1. The lowest BCUT2D eigenvalue weighted by molar-refractivity contribution is -0.384. The molecule has 0 saturated carbocycles. The third kappa shape index (κ3) is 5.32. The summed E-state index contributed by atoms with van der Waals surface area (Å²) in [7, 11) is 3.19. The maximum absolute atomic E-state index is 10.8. The van der Waals surface area contributed by atoms with Crippen LogP contribution >= 0.6 is 12.2 Å². The van der Waals surface area contributed by atoms with Crippen molar-refractivity contribution in [2.75, 3.05) is 26.1 Å². The van der Waals surface area contributed by atoms with Crippen molar-refractivity contribution in [2.24, 2.45) is 0 Å². The minimum Gasteiger partial charge on any atom is -0.493 e. The Labute approximate surface area is 151 Å². The second-order valence-corrected chi connectivity index (χ2v) is 5.54. The van der Waals surface area contributed by atoms with Crippen LogP contribution in [0.4, 0.5) is 11.4 Å². The fraction of sp³-hybridized carbons (Fsp3) is 0.235. The van der Waals surface area contributed by atoms with Crippen LogP contribution in [0.5, 0.6) is 11.5 Å². The molecular formula is C17H19N3O4S. The smallest absolute Gasteiger partial charge is 0.271 e. The summed E-state index contributed by atoms with van der Waals surface area (Å²) in [4.78, 5) is 10.3. The standard InChI is InChI=1S/C17H19N3O4S/c1-23-15-7-6-12(10-16(15)24-2)8-9-18-17(25)19-13-4-3-5-14(11-13)20(21)22/h3-7,10-11H,8-9H2,1-2H3,(H2,18,19,25). The van der Waals surface area contributed by atoms with E-state index < -0.39 is 4.92 Å². The zero-order valence-electron chi connectivity index (χ0n) is 13.9. The number of rotatable bonds is 7. The minimum atomic E-state index is -0.446. The minimum absolute atomic E-state index is 0.0122. The monoisotopic (exact) mass is 361 g/mol. The molecule has 0 heterocycles. The Morgan fingerprint density at radius 2 is 1.92 bits per heavy atom. The first-order valence-corrected chi connectivity index (χ1v) is 7.94. The van der Waals surface area contributed by atoms with Crippen LogP contribution in [-0.4, -0.2) is 30.8 Å². The van der Waals surface area contributed by atoms with Crippen LogP contribution in [0.25, 0.3) is 0 Å². The van der Waals surface area contributed by atoms with Gasteiger partial charge in [-0.1, -0.05) is 12.1 Å². The van der Waals surface area contributed by atoms with Gasteiger partial charge in [-0.25, -0.2) is 0 Å². The van der Waals surface area contributed by atoms with Gasteiger partial charge in [-0.2, -0.15) is 0 Å². The number of benzene rings is 2. The predicted molar refractivity (Wildman–Crippen MR) is 101 cm³/mol. The molecule has 0 aromatic heterocycles. The van der Waals surface area contributed by atoms with E-state index in [0.29, 0.717) is 28.8 Å². The van der Waals surface area contributed by atoms with Crippen LogP contribution in [0.1, 0.15) is 5.56 Å². The fourth-order valence-electron chi connectivity index (χ4n) is 2.23. The molecule has 25 heavy (non-hydrogen) atoms. The maximum atomic E-state index is 10.8. The average molecular weight is 361 g/mol. The molecule has 0 unspecified atom stereocenters. The lowest BCUT2D eigenvalue weighted by atomic mass is 10.1. The number of methoxy groups -OCH3 is 2. The first kappa shape index (κ1) is 18.5. The molecule has 0 aliphatic carbocycles. The van der Waals surface area contributed by atoms with E-state index in [2.05, 4.69) is 10.6 Å². The fourth-order valence-corrected chi connectivity index (χ4v) is 2.45. The first-order chi connectivity index (χ1) is 12.0. The number of thiocarbonyl (C=S) groups is 1. The largest absolute Gasteiger partial charge is 0.493 e. The van der Waals surface area contributed by atoms with Crippen LogP contribution in [0.3, 0.4) is 0 Å². The molecular weight excluding hydrogens is 342 g/mol. The van der Waals surface area contributed by atoms with Crippen LogP contribution in [0.15, 0.2) is 42.5 Å². The van der Waals surface area contributed by atoms with Crippen molar-refractivity contribution >= 4 is 28.7 Å². The highest BCUT2D eigenvalue weighted by Gasteiger charge is 2.07. The summed E-state index contributed by atoms with van der Waals surface area (Å²) in [5.41, 5.74) is 1.65. The van der Waals surface area contributed by atoms with Gasteiger partial charge in [0.05, 0.1) is 19.1 Å². The van der Waals surface area contributed by atoms with Gasteiger partial charge in [-0.15, -0.1) is 0 Å². The second-order valence-electron chi connectivity index (χ2n) is 5.13. The van der Waals surface area contributed by atoms with Gasteiger partial charge in [0, 0.05) is 24.4 Å². The van der Waals surface area contributed by atoms with Gasteiger partial charge in [0.25, 0.3) is 5.69 Å². The summed E-state index contributed by atoms with van der Waals surface area (Å²) in [6.45, 7) is 0.607. The SMILES string of the molecule is COc1ccc(CCNC(=S)Nc2cccc([N+](=O)[O-])c2)cc1OC. The van der Waals surface area contributed by atoms with E-state index >= 15 is 0 Å². The molecule has 0 amide bonds. The van der Waals surface area contributed by atoms with E-state index in [-0.39, 0.29) is 5.69 Å². The van der Waals surface area contributed by atoms with E-state index in [0.717, 1.165) is 12.0 Å². The van der Waals surface area contributed by atoms with E-state index in [4.69, 9.17) is 21.7 Å². The molecule has 132 valence electrons. The van der Waals surface area contributed by atoms with Crippen molar-refractivity contribution in [1.29, 1.82) is 0 Å². The molecule has 0 aliphatic rings. The molecule has 2 aromatic rings. The normalized spacial score (nSPS) is 10.0. The molecule has 0 saturated heterocycles. The lowest BCUT2D eigenvalue weighted by Crippen LogP contribution is -2.30. The van der Waals surface area contributed by atoms with Crippen LogP contribution < -0.4 is 20.1 Å². The number of ether oxygens (including phenoxy) is 2. The van der Waals surface area contributed by atoms with Crippen molar-refractivity contribution in [3.8, 4) is 11.5 Å². The van der Waals surface area contributed by atoms with E-state index in [9.17, 15) is 10.1 Å². The Kier molecular flexibility index (Phi) is 6.53. The van der Waals surface area contributed by atoms with E-state index in [1.165, 1.54) is 12.1 Å². The Morgan fingerprint density at radius 1 is 1.16 bits per heavy atom. The third-order valence-electron chi connectivity index (χ3n) is 3.46. The van der Waals surface area contributed by atoms with Crippen LogP contribution in [0.2, 0.25) is 0 Å². The summed E-state index contributed by atoms with van der Waals surface area (Å²) < 4.78 is 10.5. The van der Waals surface area contributed by atoms with Crippen LogP contribution in [0, 0.1) is 10.1 Å². The van der Waals surface area contributed by atoms with Crippen molar-refractivity contribution < 1.29 is 14.4 Å². The van der Waals surface area contributed by atoms with Gasteiger partial charge in [-0.05, 0) is 42.4 Å². The average Bonchev–Trinajstić information content (AvgIpc) is 2.61. The molecule has 2 rings (SSSR count). The molecule has 0 radical (unpaired) electrons. The molecule has 0 atom stereocenters. The van der Waals surface area contributed by atoms with Gasteiger partial charge in [0.1, 0.15) is 0 Å². The summed E-state index contributed by atoms with van der Waals surface area (Å²) in [5.74, 6) is 1.36. The number of anilines is 1. The number of nitrogens with one attached hydrogen (secondary N) is 2. The Morgan fingerprint density at radius 3 is 2.60 bits per heavy atom. The predicted octanol–water partition coefficient (Wildman–Crippen LogP) is 3.14. The van der Waals surface area contributed by atoms with E-state index in [1.54, 1.807) is 26.4 Å². The van der Waals surface area contributed by atoms with Gasteiger partial charge < -0.3 is 20.1 Å². The number of hydrogen-bond donors (Lipinski definition) is 2. The van der Waals surface area contributed by atoms with Gasteiger partial charge in [0.15, 0.2) is 16.6 Å². The van der Waals surface area contributed by atoms with E-state index in [1.807, 2.05) is 18.2 Å². The molecule has 8 heteroatoms. The number of nitrogens with zero attached hydrogens (tertiary/aromatic N) is 1. The molecule has 2 N–H and O–H groups in total. The molecule has 0 spiro atoms.